The van der Waals surface area contributed by atoms with Gasteiger partial charge in [-0.3, -0.25) is 0 Å². The second kappa shape index (κ2) is 8.37. The summed E-state index contributed by atoms with van der Waals surface area (Å²) in [5.41, 5.74) is 0.952. The topological polar surface area (TPSA) is 21.3 Å². The third kappa shape index (κ3) is 5.41. The summed E-state index contributed by atoms with van der Waals surface area (Å²) in [7, 11) is 0. The highest BCUT2D eigenvalue weighted by molar-refractivity contribution is 7.98. The molecule has 0 bridgehead atoms. The molecule has 0 heterocycles. The van der Waals surface area contributed by atoms with Crippen molar-refractivity contribution >= 4 is 11.8 Å². The first kappa shape index (κ1) is 14.3. The van der Waals surface area contributed by atoms with Gasteiger partial charge in [0, 0.05) is 12.3 Å². The Morgan fingerprint density at radius 1 is 1.41 bits per heavy atom. The van der Waals surface area contributed by atoms with Crippen molar-refractivity contribution in [3.05, 3.63) is 29.6 Å². The molecule has 1 aromatic rings. The summed E-state index contributed by atoms with van der Waals surface area (Å²) in [6.45, 7) is 4.31. The van der Waals surface area contributed by atoms with E-state index in [1.54, 1.807) is 17.8 Å². The van der Waals surface area contributed by atoms with E-state index >= 15 is 0 Å². The molecule has 0 amide bonds. The molecule has 0 spiro atoms. The predicted octanol–water partition coefficient (Wildman–Crippen LogP) is 3.07. The lowest BCUT2D eigenvalue weighted by atomic mass is 10.2. The van der Waals surface area contributed by atoms with Gasteiger partial charge in [-0.2, -0.15) is 11.8 Å². The first-order chi connectivity index (χ1) is 8.27. The van der Waals surface area contributed by atoms with E-state index in [0.717, 1.165) is 24.3 Å². The molecule has 1 N–H and O–H groups in total. The quantitative estimate of drug-likeness (QED) is 0.723. The van der Waals surface area contributed by atoms with Gasteiger partial charge < -0.3 is 10.1 Å². The lowest BCUT2D eigenvalue weighted by Crippen LogP contribution is -2.14. The van der Waals surface area contributed by atoms with E-state index in [2.05, 4.69) is 12.2 Å². The Morgan fingerprint density at radius 2 is 2.24 bits per heavy atom. The van der Waals surface area contributed by atoms with Gasteiger partial charge in [-0.1, -0.05) is 13.0 Å². The number of hydrogen-bond acceptors (Lipinski definition) is 3. The van der Waals surface area contributed by atoms with E-state index in [1.165, 1.54) is 6.07 Å². The van der Waals surface area contributed by atoms with Crippen molar-refractivity contribution in [3.63, 3.8) is 0 Å². The molecule has 0 aromatic heterocycles. The van der Waals surface area contributed by atoms with Crippen molar-refractivity contribution in [1.29, 1.82) is 0 Å². The molecule has 0 aliphatic carbocycles. The summed E-state index contributed by atoms with van der Waals surface area (Å²) in [6.07, 6.45) is 3.08. The average molecular weight is 257 g/mol. The van der Waals surface area contributed by atoms with E-state index in [4.69, 9.17) is 4.74 Å². The van der Waals surface area contributed by atoms with Crippen LogP contribution in [0.2, 0.25) is 0 Å². The maximum absolute atomic E-state index is 13.6. The minimum Gasteiger partial charge on any atom is -0.490 e. The van der Waals surface area contributed by atoms with Gasteiger partial charge in [0.1, 0.15) is 0 Å². The number of rotatable bonds is 8. The van der Waals surface area contributed by atoms with Crippen molar-refractivity contribution in [2.75, 3.05) is 25.2 Å². The lowest BCUT2D eigenvalue weighted by Gasteiger charge is -2.08. The minimum absolute atomic E-state index is 0.276. The molecule has 0 aliphatic rings. The largest absolute Gasteiger partial charge is 0.490 e. The second-order valence-corrected chi connectivity index (χ2v) is 4.77. The first-order valence-corrected chi connectivity index (χ1v) is 7.28. The third-order valence-corrected chi connectivity index (χ3v) is 2.87. The molecule has 1 aromatic carbocycles. The Balaban J connectivity index is 2.47. The molecule has 0 aliphatic heterocycles. The fraction of sp³-hybridized carbons (Fsp3) is 0.538. The van der Waals surface area contributed by atoms with E-state index in [-0.39, 0.29) is 5.82 Å². The Morgan fingerprint density at radius 3 is 2.88 bits per heavy atom. The fourth-order valence-electron chi connectivity index (χ4n) is 1.42. The van der Waals surface area contributed by atoms with E-state index < -0.39 is 0 Å². The SMILES string of the molecule is CCCNCc1ccc(OCCSC)c(F)c1. The zero-order valence-electron chi connectivity index (χ0n) is 10.5. The van der Waals surface area contributed by atoms with Gasteiger partial charge in [0.05, 0.1) is 6.61 Å². The number of thioether (sulfide) groups is 1. The smallest absolute Gasteiger partial charge is 0.165 e. The minimum atomic E-state index is -0.276. The maximum Gasteiger partial charge on any atom is 0.165 e. The van der Waals surface area contributed by atoms with Crippen molar-refractivity contribution in [1.82, 2.24) is 5.32 Å². The molecule has 0 fully saturated rings. The second-order valence-electron chi connectivity index (χ2n) is 3.78. The van der Waals surface area contributed by atoms with Crippen LogP contribution < -0.4 is 10.1 Å². The van der Waals surface area contributed by atoms with Crippen LogP contribution in [-0.4, -0.2) is 25.2 Å². The Hall–Kier alpha value is -0.740. The zero-order chi connectivity index (χ0) is 12.5. The van der Waals surface area contributed by atoms with Gasteiger partial charge in [-0.05, 0) is 36.9 Å². The van der Waals surface area contributed by atoms with E-state index in [1.807, 2.05) is 12.3 Å². The van der Waals surface area contributed by atoms with Gasteiger partial charge >= 0.3 is 0 Å². The molecule has 4 heteroatoms. The Labute approximate surface area is 107 Å². The van der Waals surface area contributed by atoms with Gasteiger partial charge in [0.2, 0.25) is 0 Å². The van der Waals surface area contributed by atoms with Crippen LogP contribution in [0.1, 0.15) is 18.9 Å². The van der Waals surface area contributed by atoms with Crippen LogP contribution in [0.4, 0.5) is 4.39 Å². The summed E-state index contributed by atoms with van der Waals surface area (Å²) in [5.74, 6) is 0.944. The summed E-state index contributed by atoms with van der Waals surface area (Å²) in [6, 6.07) is 5.15. The molecular weight excluding hydrogens is 237 g/mol. The van der Waals surface area contributed by atoms with Crippen LogP contribution in [0.25, 0.3) is 0 Å². The van der Waals surface area contributed by atoms with Crippen molar-refractivity contribution < 1.29 is 9.13 Å². The van der Waals surface area contributed by atoms with Gasteiger partial charge in [-0.25, -0.2) is 4.39 Å². The summed E-state index contributed by atoms with van der Waals surface area (Å²) in [4.78, 5) is 0. The Kier molecular flexibility index (Phi) is 7.05. The van der Waals surface area contributed by atoms with Crippen molar-refractivity contribution in [2.45, 2.75) is 19.9 Å². The van der Waals surface area contributed by atoms with Crippen LogP contribution in [0.5, 0.6) is 5.75 Å². The monoisotopic (exact) mass is 257 g/mol. The highest BCUT2D eigenvalue weighted by Gasteiger charge is 2.04. The molecule has 17 heavy (non-hydrogen) atoms. The molecular formula is C13H20FNOS. The zero-order valence-corrected chi connectivity index (χ0v) is 11.3. The van der Waals surface area contributed by atoms with E-state index in [9.17, 15) is 4.39 Å². The summed E-state index contributed by atoms with van der Waals surface area (Å²) >= 11 is 1.69. The van der Waals surface area contributed by atoms with Crippen LogP contribution in [0.3, 0.4) is 0 Å². The van der Waals surface area contributed by atoms with Crippen LogP contribution in [0.15, 0.2) is 18.2 Å². The molecule has 0 radical (unpaired) electrons. The molecule has 2 nitrogen and oxygen atoms in total. The average Bonchev–Trinajstić information content (AvgIpc) is 2.32. The highest BCUT2D eigenvalue weighted by Crippen LogP contribution is 2.18. The molecule has 0 saturated heterocycles. The third-order valence-electron chi connectivity index (χ3n) is 2.30. The van der Waals surface area contributed by atoms with Gasteiger partial charge in [0.15, 0.2) is 11.6 Å². The van der Waals surface area contributed by atoms with Crippen molar-refractivity contribution in [2.24, 2.45) is 0 Å². The number of nitrogens with one attached hydrogen (secondary N) is 1. The van der Waals surface area contributed by atoms with Gasteiger partial charge in [-0.15, -0.1) is 0 Å². The number of ether oxygens (including phenoxy) is 1. The number of halogens is 1. The molecule has 0 atom stereocenters. The maximum atomic E-state index is 13.6. The molecule has 1 rings (SSSR count). The lowest BCUT2D eigenvalue weighted by molar-refractivity contribution is 0.324. The number of hydrogen-bond donors (Lipinski definition) is 1. The normalized spacial score (nSPS) is 10.5. The van der Waals surface area contributed by atoms with Crippen molar-refractivity contribution in [3.8, 4) is 5.75 Å². The Bertz CT molecular complexity index is 333. The van der Waals surface area contributed by atoms with Crippen LogP contribution in [0, 0.1) is 5.82 Å². The first-order valence-electron chi connectivity index (χ1n) is 5.88. The highest BCUT2D eigenvalue weighted by atomic mass is 32.2. The standard InChI is InChI=1S/C13H20FNOS/c1-3-6-15-10-11-4-5-13(12(14)9-11)16-7-8-17-2/h4-5,9,15H,3,6-8,10H2,1-2H3. The van der Waals surface area contributed by atoms with Crippen LogP contribution >= 0.6 is 11.8 Å². The molecule has 0 saturated carbocycles. The van der Waals surface area contributed by atoms with Gasteiger partial charge in [0.25, 0.3) is 0 Å². The predicted molar refractivity (Wildman–Crippen MR) is 72.3 cm³/mol. The molecule has 0 unspecified atom stereocenters. The number of benzene rings is 1. The summed E-state index contributed by atoms with van der Waals surface area (Å²) in [5, 5.41) is 3.24. The van der Waals surface area contributed by atoms with E-state index in [0.29, 0.717) is 18.9 Å². The fourth-order valence-corrected chi connectivity index (χ4v) is 1.67. The molecule has 96 valence electrons. The summed E-state index contributed by atoms with van der Waals surface area (Å²) < 4.78 is 19.0. The van der Waals surface area contributed by atoms with Crippen LogP contribution in [-0.2, 0) is 6.54 Å².